The predicted octanol–water partition coefficient (Wildman–Crippen LogP) is 0.346. The minimum Gasteiger partial charge on any atom is -0.772 e. The van der Waals surface area contributed by atoms with Crippen molar-refractivity contribution in [1.29, 1.82) is 0 Å². The lowest BCUT2D eigenvalue weighted by atomic mass is 10.4. The number of ether oxygens (including phenoxy) is 1. The van der Waals surface area contributed by atoms with Crippen LogP contribution in [-0.2, 0) is 21.6 Å². The Labute approximate surface area is 106 Å². The zero-order valence-corrected chi connectivity index (χ0v) is 10.5. The van der Waals surface area contributed by atoms with E-state index in [1.54, 1.807) is 6.07 Å². The van der Waals surface area contributed by atoms with Crippen LogP contribution in [0.1, 0.15) is 5.82 Å². The van der Waals surface area contributed by atoms with Gasteiger partial charge in [0.2, 0.25) is 0 Å². The maximum absolute atomic E-state index is 10.6. The Bertz CT molecular complexity index is 426. The molecule has 1 aromatic heterocycles. The molecule has 8 heteroatoms. The molecule has 2 rings (SSSR count). The molecule has 0 N–H and O–H groups in total. The van der Waals surface area contributed by atoms with Crippen LogP contribution in [0.2, 0.25) is 5.15 Å². The summed E-state index contributed by atoms with van der Waals surface area (Å²) >= 11 is 3.63. The van der Waals surface area contributed by atoms with Crippen LogP contribution in [-0.4, -0.2) is 45.0 Å². The molecule has 94 valence electrons. The topological polar surface area (TPSA) is 78.4 Å². The number of halogens is 1. The smallest absolute Gasteiger partial charge is 0.143 e. The summed E-state index contributed by atoms with van der Waals surface area (Å²) in [7, 11) is 0. The number of rotatable bonds is 3. The minimum absolute atomic E-state index is 0.215. The van der Waals surface area contributed by atoms with E-state index in [-0.39, 0.29) is 16.7 Å². The third-order valence-corrected chi connectivity index (χ3v) is 3.00. The van der Waals surface area contributed by atoms with Gasteiger partial charge in [0.05, 0.1) is 19.0 Å². The van der Waals surface area contributed by atoms with Crippen LogP contribution >= 0.6 is 11.6 Å². The Kier molecular flexibility index (Phi) is 4.27. The molecule has 0 bridgehead atoms. The van der Waals surface area contributed by atoms with Gasteiger partial charge in [0.25, 0.3) is 0 Å². The molecule has 1 aliphatic rings. The van der Waals surface area contributed by atoms with Gasteiger partial charge in [-0.1, -0.05) is 11.6 Å². The molecule has 1 aromatic rings. The number of morpholine rings is 1. The van der Waals surface area contributed by atoms with Gasteiger partial charge >= 0.3 is 0 Å². The molecule has 1 aliphatic heterocycles. The van der Waals surface area contributed by atoms with Crippen LogP contribution in [0.5, 0.6) is 0 Å². The summed E-state index contributed by atoms with van der Waals surface area (Å²) in [6.45, 7) is 2.69. The van der Waals surface area contributed by atoms with E-state index in [0.29, 0.717) is 32.1 Å². The minimum atomic E-state index is -2.21. The van der Waals surface area contributed by atoms with Crippen molar-refractivity contribution in [1.82, 2.24) is 9.97 Å². The van der Waals surface area contributed by atoms with E-state index < -0.39 is 11.1 Å². The Balaban J connectivity index is 2.20. The van der Waals surface area contributed by atoms with Crippen molar-refractivity contribution in [3.63, 3.8) is 0 Å². The number of anilines is 1. The maximum atomic E-state index is 10.6. The number of hydrogen-bond acceptors (Lipinski definition) is 6. The number of nitrogens with zero attached hydrogens (tertiary/aromatic N) is 3. The molecular weight excluding hydrogens is 266 g/mol. The molecule has 6 nitrogen and oxygen atoms in total. The Hall–Kier alpha value is -0.760. The Morgan fingerprint density at radius 2 is 2.18 bits per heavy atom. The summed E-state index contributed by atoms with van der Waals surface area (Å²) in [4.78, 5) is 10.0. The van der Waals surface area contributed by atoms with E-state index in [9.17, 15) is 8.76 Å². The molecule has 1 saturated heterocycles. The van der Waals surface area contributed by atoms with Gasteiger partial charge in [-0.05, 0) is 11.1 Å². The van der Waals surface area contributed by atoms with Gasteiger partial charge in [-0.2, -0.15) is 0 Å². The van der Waals surface area contributed by atoms with E-state index in [1.165, 1.54) is 0 Å². The first kappa shape index (κ1) is 12.7. The molecule has 0 aliphatic carbocycles. The van der Waals surface area contributed by atoms with Gasteiger partial charge in [-0.25, -0.2) is 9.97 Å². The highest BCUT2D eigenvalue weighted by molar-refractivity contribution is 7.78. The van der Waals surface area contributed by atoms with Crippen molar-refractivity contribution in [3.05, 3.63) is 17.0 Å². The molecule has 17 heavy (non-hydrogen) atoms. The normalized spacial score (nSPS) is 18.1. The fourth-order valence-corrected chi connectivity index (χ4v) is 2.11. The lowest BCUT2D eigenvalue weighted by Crippen LogP contribution is -2.37. The van der Waals surface area contributed by atoms with Gasteiger partial charge in [0.1, 0.15) is 16.8 Å². The van der Waals surface area contributed by atoms with Gasteiger partial charge in [-0.15, -0.1) is 0 Å². The first-order chi connectivity index (χ1) is 8.15. The monoisotopic (exact) mass is 276 g/mol. The van der Waals surface area contributed by atoms with Crippen molar-refractivity contribution in [2.24, 2.45) is 0 Å². The zero-order chi connectivity index (χ0) is 12.3. The van der Waals surface area contributed by atoms with Crippen molar-refractivity contribution >= 4 is 28.5 Å². The van der Waals surface area contributed by atoms with Gasteiger partial charge < -0.3 is 14.2 Å². The predicted molar refractivity (Wildman–Crippen MR) is 62.7 cm³/mol. The molecule has 0 amide bonds. The molecule has 2 heterocycles. The quantitative estimate of drug-likeness (QED) is 0.585. The SMILES string of the molecule is O=S([O-])Cc1nc(Cl)cc(N2CCOCC2)n1. The molecule has 0 saturated carbocycles. The van der Waals surface area contributed by atoms with E-state index >= 15 is 0 Å². The number of hydrogen-bond donors (Lipinski definition) is 0. The molecule has 1 atom stereocenters. The largest absolute Gasteiger partial charge is 0.772 e. The fourth-order valence-electron chi connectivity index (χ4n) is 1.58. The van der Waals surface area contributed by atoms with Gasteiger partial charge in [0.15, 0.2) is 0 Å². The highest BCUT2D eigenvalue weighted by Gasteiger charge is 2.14. The lowest BCUT2D eigenvalue weighted by molar-refractivity contribution is 0.122. The summed E-state index contributed by atoms with van der Waals surface area (Å²) in [5.41, 5.74) is 0. The molecular formula is C9H11ClN3O3S-. The van der Waals surface area contributed by atoms with Gasteiger partial charge in [-0.3, -0.25) is 4.21 Å². The molecule has 1 unspecified atom stereocenters. The highest BCUT2D eigenvalue weighted by atomic mass is 35.5. The van der Waals surface area contributed by atoms with Gasteiger partial charge in [0, 0.05) is 19.2 Å². The van der Waals surface area contributed by atoms with Crippen LogP contribution < -0.4 is 4.90 Å². The summed E-state index contributed by atoms with van der Waals surface area (Å²) < 4.78 is 26.5. The lowest BCUT2D eigenvalue weighted by Gasteiger charge is -2.28. The Morgan fingerprint density at radius 3 is 2.82 bits per heavy atom. The maximum Gasteiger partial charge on any atom is 0.143 e. The first-order valence-electron chi connectivity index (χ1n) is 5.07. The van der Waals surface area contributed by atoms with Crippen molar-refractivity contribution in [3.8, 4) is 0 Å². The average molecular weight is 277 g/mol. The molecule has 0 aromatic carbocycles. The van der Waals surface area contributed by atoms with Crippen LogP contribution in [0.25, 0.3) is 0 Å². The number of aromatic nitrogens is 2. The summed E-state index contributed by atoms with van der Waals surface area (Å²) in [6, 6.07) is 1.63. The second kappa shape index (κ2) is 5.72. The van der Waals surface area contributed by atoms with Crippen LogP contribution in [0, 0.1) is 0 Å². The Morgan fingerprint density at radius 1 is 1.47 bits per heavy atom. The molecule has 1 fully saturated rings. The van der Waals surface area contributed by atoms with Crippen LogP contribution in [0.15, 0.2) is 6.07 Å². The van der Waals surface area contributed by atoms with E-state index in [1.807, 2.05) is 4.90 Å². The summed E-state index contributed by atoms with van der Waals surface area (Å²) in [5, 5.41) is 0.252. The first-order valence-corrected chi connectivity index (χ1v) is 6.69. The second-order valence-electron chi connectivity index (χ2n) is 3.51. The summed E-state index contributed by atoms with van der Waals surface area (Å²) in [5.74, 6) is 0.638. The fraction of sp³-hybridized carbons (Fsp3) is 0.556. The molecule has 0 radical (unpaired) electrons. The third-order valence-electron chi connectivity index (χ3n) is 2.31. The average Bonchev–Trinajstić information content (AvgIpc) is 2.28. The van der Waals surface area contributed by atoms with Crippen molar-refractivity contribution in [2.45, 2.75) is 5.75 Å². The van der Waals surface area contributed by atoms with E-state index in [0.717, 1.165) is 0 Å². The van der Waals surface area contributed by atoms with Crippen molar-refractivity contribution in [2.75, 3.05) is 31.2 Å². The third kappa shape index (κ3) is 3.60. The highest BCUT2D eigenvalue weighted by Crippen LogP contribution is 2.17. The second-order valence-corrected chi connectivity index (χ2v) is 4.80. The van der Waals surface area contributed by atoms with Crippen LogP contribution in [0.3, 0.4) is 0 Å². The molecule has 0 spiro atoms. The van der Waals surface area contributed by atoms with Crippen molar-refractivity contribution < 1.29 is 13.5 Å². The van der Waals surface area contributed by atoms with E-state index in [4.69, 9.17) is 16.3 Å². The standard InChI is InChI=1S/C9H12ClN3O3S/c10-7-5-9(13-1-3-16-4-2-13)12-8(11-7)6-17(14)15/h5H,1-4,6H2,(H,14,15)/p-1. The zero-order valence-electron chi connectivity index (χ0n) is 8.97. The van der Waals surface area contributed by atoms with Crippen LogP contribution in [0.4, 0.5) is 5.82 Å². The van der Waals surface area contributed by atoms with E-state index in [2.05, 4.69) is 9.97 Å². The summed E-state index contributed by atoms with van der Waals surface area (Å²) in [6.07, 6.45) is 0.